The fraction of sp³-hybridized carbons (Fsp3) is 0.0909. The van der Waals surface area contributed by atoms with E-state index >= 15 is 0 Å². The van der Waals surface area contributed by atoms with Gasteiger partial charge in [-0.2, -0.15) is 17.6 Å². The Hall–Kier alpha value is -1.76. The van der Waals surface area contributed by atoms with Gasteiger partial charge in [-0.25, -0.2) is 14.4 Å². The number of halogens is 6. The zero-order valence-corrected chi connectivity index (χ0v) is 9.73. The Morgan fingerprint density at radius 2 is 1.79 bits per heavy atom. The van der Waals surface area contributed by atoms with E-state index in [0.717, 1.165) is 18.3 Å². The Morgan fingerprint density at radius 1 is 1.11 bits per heavy atom. The lowest BCUT2D eigenvalue weighted by molar-refractivity contribution is -0.140. The molecule has 0 atom stereocenters. The van der Waals surface area contributed by atoms with Crippen LogP contribution < -0.4 is 0 Å². The van der Waals surface area contributed by atoms with E-state index in [-0.39, 0.29) is 16.4 Å². The van der Waals surface area contributed by atoms with Crippen molar-refractivity contribution in [2.45, 2.75) is 6.18 Å². The van der Waals surface area contributed by atoms with Crippen molar-refractivity contribution in [3.63, 3.8) is 0 Å². The quantitative estimate of drug-likeness (QED) is 0.585. The maximum absolute atomic E-state index is 13.5. The number of pyridine rings is 2. The van der Waals surface area contributed by atoms with Gasteiger partial charge in [-0.05, 0) is 12.1 Å². The minimum atomic E-state index is -4.85. The maximum atomic E-state index is 13.5. The topological polar surface area (TPSA) is 25.8 Å². The summed E-state index contributed by atoms with van der Waals surface area (Å²) >= 11 is 5.43. The summed E-state index contributed by atoms with van der Waals surface area (Å²) in [6.07, 6.45) is -3.89. The summed E-state index contributed by atoms with van der Waals surface area (Å²) < 4.78 is 63.7. The molecule has 2 nitrogen and oxygen atoms in total. The number of hydrogen-bond acceptors (Lipinski definition) is 2. The smallest absolute Gasteiger partial charge is 0.244 e. The molecule has 8 heteroatoms. The highest BCUT2D eigenvalue weighted by atomic mass is 35.5. The van der Waals surface area contributed by atoms with Crippen LogP contribution in [0.3, 0.4) is 0 Å². The van der Waals surface area contributed by atoms with Crippen molar-refractivity contribution in [1.29, 1.82) is 0 Å². The lowest BCUT2D eigenvalue weighted by Crippen LogP contribution is -2.09. The van der Waals surface area contributed by atoms with Crippen LogP contribution in [0.1, 0.15) is 5.56 Å². The Kier molecular flexibility index (Phi) is 3.40. The number of rotatable bonds is 1. The first-order valence-corrected chi connectivity index (χ1v) is 5.22. The van der Waals surface area contributed by atoms with E-state index in [0.29, 0.717) is 6.07 Å². The van der Waals surface area contributed by atoms with Gasteiger partial charge in [-0.3, -0.25) is 0 Å². The summed E-state index contributed by atoms with van der Waals surface area (Å²) in [6, 6.07) is 2.21. The van der Waals surface area contributed by atoms with Gasteiger partial charge in [0, 0.05) is 12.3 Å². The van der Waals surface area contributed by atoms with E-state index in [1.165, 1.54) is 0 Å². The standard InChI is InChI=1S/C11H4ClF5N2/c12-9-3-7(13)5(4-18-9)8-2-1-6(10(14)19-8)11(15,16)17/h1-4H. The summed E-state index contributed by atoms with van der Waals surface area (Å²) in [4.78, 5) is 6.65. The molecule has 0 bridgehead atoms. The first-order chi connectivity index (χ1) is 8.79. The van der Waals surface area contributed by atoms with Crippen LogP contribution >= 0.6 is 11.6 Å². The highest BCUT2D eigenvalue weighted by Crippen LogP contribution is 2.32. The first kappa shape index (κ1) is 13.7. The molecule has 2 rings (SSSR count). The Bertz CT molecular complexity index is 627. The Morgan fingerprint density at radius 3 is 2.32 bits per heavy atom. The van der Waals surface area contributed by atoms with Crippen LogP contribution in [0.4, 0.5) is 22.0 Å². The van der Waals surface area contributed by atoms with Crippen LogP contribution in [0.2, 0.25) is 5.15 Å². The van der Waals surface area contributed by atoms with Crippen molar-refractivity contribution in [2.24, 2.45) is 0 Å². The lowest BCUT2D eigenvalue weighted by atomic mass is 10.1. The van der Waals surface area contributed by atoms with Gasteiger partial charge in [-0.1, -0.05) is 11.6 Å². The van der Waals surface area contributed by atoms with Gasteiger partial charge in [0.25, 0.3) is 0 Å². The molecule has 0 aliphatic carbocycles. The van der Waals surface area contributed by atoms with E-state index < -0.39 is 23.5 Å². The third kappa shape index (κ3) is 2.81. The molecule has 2 aromatic heterocycles. The third-order valence-corrected chi connectivity index (χ3v) is 2.46. The number of nitrogens with zero attached hydrogens (tertiary/aromatic N) is 2. The molecule has 2 heterocycles. The second-order valence-corrected chi connectivity index (χ2v) is 3.91. The normalized spacial score (nSPS) is 11.7. The largest absolute Gasteiger partial charge is 0.420 e. The molecule has 0 unspecified atom stereocenters. The summed E-state index contributed by atoms with van der Waals surface area (Å²) in [5.41, 5.74) is -2.05. The SMILES string of the molecule is Fc1cc(Cl)ncc1-c1ccc(C(F)(F)F)c(F)n1. The van der Waals surface area contributed by atoms with Crippen molar-refractivity contribution in [3.05, 3.63) is 46.9 Å². The molecule has 0 radical (unpaired) electrons. The number of aromatic nitrogens is 2. The van der Waals surface area contributed by atoms with Crippen LogP contribution in [0, 0.1) is 11.8 Å². The van der Waals surface area contributed by atoms with E-state index in [9.17, 15) is 22.0 Å². The summed E-state index contributed by atoms with van der Waals surface area (Å²) in [7, 11) is 0. The molecule has 0 amide bonds. The van der Waals surface area contributed by atoms with Crippen molar-refractivity contribution in [1.82, 2.24) is 9.97 Å². The second kappa shape index (κ2) is 4.73. The Labute approximate surface area is 108 Å². The van der Waals surface area contributed by atoms with Gasteiger partial charge in [0.2, 0.25) is 5.95 Å². The molecule has 0 aromatic carbocycles. The van der Waals surface area contributed by atoms with Crippen LogP contribution in [0.15, 0.2) is 24.4 Å². The Balaban J connectivity index is 2.51. The van der Waals surface area contributed by atoms with Crippen molar-refractivity contribution in [3.8, 4) is 11.3 Å². The molecule has 100 valence electrons. The average Bonchev–Trinajstić information content (AvgIpc) is 2.26. The molecular formula is C11H4ClF5N2. The summed E-state index contributed by atoms with van der Waals surface area (Å²) in [5.74, 6) is -2.58. The van der Waals surface area contributed by atoms with Crippen LogP contribution in [-0.4, -0.2) is 9.97 Å². The van der Waals surface area contributed by atoms with Crippen molar-refractivity contribution < 1.29 is 22.0 Å². The van der Waals surface area contributed by atoms with Gasteiger partial charge in [0.15, 0.2) is 0 Å². The predicted octanol–water partition coefficient (Wildman–Crippen LogP) is 4.09. The first-order valence-electron chi connectivity index (χ1n) is 4.84. The fourth-order valence-corrected chi connectivity index (χ4v) is 1.54. The minimum Gasteiger partial charge on any atom is -0.244 e. The maximum Gasteiger partial charge on any atom is 0.420 e. The van der Waals surface area contributed by atoms with Crippen LogP contribution in [-0.2, 0) is 6.18 Å². The van der Waals surface area contributed by atoms with Crippen molar-refractivity contribution >= 4 is 11.6 Å². The summed E-state index contributed by atoms with van der Waals surface area (Å²) in [6.45, 7) is 0. The molecule has 0 saturated carbocycles. The van der Waals surface area contributed by atoms with Crippen molar-refractivity contribution in [2.75, 3.05) is 0 Å². The average molecular weight is 295 g/mol. The molecule has 0 saturated heterocycles. The van der Waals surface area contributed by atoms with E-state index in [1.807, 2.05) is 0 Å². The summed E-state index contributed by atoms with van der Waals surface area (Å²) in [5, 5.41) is -0.131. The van der Waals surface area contributed by atoms with Gasteiger partial charge in [-0.15, -0.1) is 0 Å². The van der Waals surface area contributed by atoms with Gasteiger partial charge >= 0.3 is 6.18 Å². The molecule has 0 N–H and O–H groups in total. The molecular weight excluding hydrogens is 291 g/mol. The van der Waals surface area contributed by atoms with E-state index in [2.05, 4.69) is 9.97 Å². The predicted molar refractivity (Wildman–Crippen MR) is 57.4 cm³/mol. The molecule has 0 aliphatic rings. The molecule has 0 aliphatic heterocycles. The highest BCUT2D eigenvalue weighted by molar-refractivity contribution is 6.29. The van der Waals surface area contributed by atoms with Crippen LogP contribution in [0.5, 0.6) is 0 Å². The fourth-order valence-electron chi connectivity index (χ4n) is 1.39. The van der Waals surface area contributed by atoms with Gasteiger partial charge < -0.3 is 0 Å². The zero-order chi connectivity index (χ0) is 14.2. The monoisotopic (exact) mass is 294 g/mol. The lowest BCUT2D eigenvalue weighted by Gasteiger charge is -2.08. The highest BCUT2D eigenvalue weighted by Gasteiger charge is 2.35. The second-order valence-electron chi connectivity index (χ2n) is 3.52. The third-order valence-electron chi connectivity index (χ3n) is 2.25. The molecule has 2 aromatic rings. The van der Waals surface area contributed by atoms with Crippen LogP contribution in [0.25, 0.3) is 11.3 Å². The van der Waals surface area contributed by atoms with Gasteiger partial charge in [0.05, 0.1) is 11.3 Å². The minimum absolute atomic E-state index is 0.131. The number of alkyl halides is 3. The molecule has 0 spiro atoms. The van der Waals surface area contributed by atoms with Gasteiger partial charge in [0.1, 0.15) is 16.5 Å². The number of hydrogen-bond donors (Lipinski definition) is 0. The van der Waals surface area contributed by atoms with E-state index in [4.69, 9.17) is 11.6 Å². The van der Waals surface area contributed by atoms with E-state index in [1.54, 1.807) is 0 Å². The molecule has 19 heavy (non-hydrogen) atoms. The zero-order valence-electron chi connectivity index (χ0n) is 8.97. The molecule has 0 fully saturated rings.